The average molecular weight is 278 g/mol. The number of amides is 1. The van der Waals surface area contributed by atoms with Gasteiger partial charge < -0.3 is 10.6 Å². The Kier molecular flexibility index (Phi) is 6.67. The molecule has 4 nitrogen and oxygen atoms in total. The van der Waals surface area contributed by atoms with Gasteiger partial charge in [-0.2, -0.15) is 0 Å². The SMILES string of the molecule is CCCC(C)(N)C(=O)N(C)Cc1cscn1.Cl. The highest BCUT2D eigenvalue weighted by Crippen LogP contribution is 2.14. The van der Waals surface area contributed by atoms with E-state index >= 15 is 0 Å². The lowest BCUT2D eigenvalue weighted by molar-refractivity contribution is -0.135. The average Bonchev–Trinajstić information content (AvgIpc) is 2.69. The molecule has 0 saturated heterocycles. The summed E-state index contributed by atoms with van der Waals surface area (Å²) in [5.41, 5.74) is 7.90. The molecule has 0 aliphatic carbocycles. The summed E-state index contributed by atoms with van der Waals surface area (Å²) in [5, 5.41) is 1.94. The van der Waals surface area contributed by atoms with Crippen molar-refractivity contribution in [3.05, 3.63) is 16.6 Å². The van der Waals surface area contributed by atoms with Crippen LogP contribution in [0.5, 0.6) is 0 Å². The number of hydrogen-bond acceptors (Lipinski definition) is 4. The molecule has 0 aliphatic heterocycles. The van der Waals surface area contributed by atoms with E-state index in [9.17, 15) is 4.79 Å². The van der Waals surface area contributed by atoms with E-state index in [2.05, 4.69) is 4.98 Å². The number of carbonyl (C=O) groups excluding carboxylic acids is 1. The quantitative estimate of drug-likeness (QED) is 0.896. The molecule has 0 saturated carbocycles. The first-order valence-corrected chi connectivity index (χ1v) is 6.33. The molecule has 1 amide bonds. The van der Waals surface area contributed by atoms with Gasteiger partial charge in [0.1, 0.15) is 0 Å². The van der Waals surface area contributed by atoms with Gasteiger partial charge in [0.05, 0.1) is 23.3 Å². The van der Waals surface area contributed by atoms with Crippen LogP contribution in [0.4, 0.5) is 0 Å². The zero-order valence-corrected chi connectivity index (χ0v) is 12.1. The smallest absolute Gasteiger partial charge is 0.242 e. The fourth-order valence-corrected chi connectivity index (χ4v) is 2.24. The molecule has 1 atom stereocenters. The van der Waals surface area contributed by atoms with Gasteiger partial charge in [-0.25, -0.2) is 4.98 Å². The van der Waals surface area contributed by atoms with Crippen molar-refractivity contribution in [2.24, 2.45) is 5.73 Å². The summed E-state index contributed by atoms with van der Waals surface area (Å²) in [6, 6.07) is 0. The van der Waals surface area contributed by atoms with E-state index in [1.54, 1.807) is 24.4 Å². The fourth-order valence-electron chi connectivity index (χ4n) is 1.69. The lowest BCUT2D eigenvalue weighted by Crippen LogP contribution is -2.51. The molecule has 0 fully saturated rings. The van der Waals surface area contributed by atoms with Crippen LogP contribution < -0.4 is 5.73 Å². The topological polar surface area (TPSA) is 59.2 Å². The number of nitrogens with zero attached hydrogens (tertiary/aromatic N) is 2. The Hall–Kier alpha value is -0.650. The summed E-state index contributed by atoms with van der Waals surface area (Å²) in [6.45, 7) is 4.34. The molecule has 2 N–H and O–H groups in total. The molecule has 1 heterocycles. The second kappa shape index (κ2) is 6.93. The molecular formula is C11H20ClN3OS. The Labute approximate surface area is 113 Å². The number of rotatable bonds is 5. The number of nitrogens with two attached hydrogens (primary N) is 1. The maximum atomic E-state index is 12.1. The van der Waals surface area contributed by atoms with Crippen molar-refractivity contribution >= 4 is 29.7 Å². The fraction of sp³-hybridized carbons (Fsp3) is 0.636. The van der Waals surface area contributed by atoms with Gasteiger partial charge >= 0.3 is 0 Å². The predicted octanol–water partition coefficient (Wildman–Crippen LogP) is 2.04. The second-order valence-electron chi connectivity index (χ2n) is 4.31. The molecule has 0 radical (unpaired) electrons. The summed E-state index contributed by atoms with van der Waals surface area (Å²) in [4.78, 5) is 17.9. The summed E-state index contributed by atoms with van der Waals surface area (Å²) in [5.74, 6) is -0.0256. The summed E-state index contributed by atoms with van der Waals surface area (Å²) in [6.07, 6.45) is 1.61. The van der Waals surface area contributed by atoms with E-state index in [1.807, 2.05) is 12.3 Å². The maximum absolute atomic E-state index is 12.1. The third-order valence-corrected chi connectivity index (χ3v) is 3.12. The second-order valence-corrected chi connectivity index (χ2v) is 5.03. The molecule has 98 valence electrons. The van der Waals surface area contributed by atoms with Crippen LogP contribution in [0.1, 0.15) is 32.4 Å². The van der Waals surface area contributed by atoms with Crippen LogP contribution in [-0.2, 0) is 11.3 Å². The minimum Gasteiger partial charge on any atom is -0.338 e. The van der Waals surface area contributed by atoms with E-state index in [0.717, 1.165) is 12.1 Å². The van der Waals surface area contributed by atoms with Gasteiger partial charge in [-0.05, 0) is 13.3 Å². The van der Waals surface area contributed by atoms with Crippen molar-refractivity contribution in [3.63, 3.8) is 0 Å². The summed E-state index contributed by atoms with van der Waals surface area (Å²) < 4.78 is 0. The van der Waals surface area contributed by atoms with Gasteiger partial charge in [-0.1, -0.05) is 13.3 Å². The number of likely N-dealkylation sites (N-methyl/N-ethyl adjacent to an activating group) is 1. The van der Waals surface area contributed by atoms with Crippen molar-refractivity contribution < 1.29 is 4.79 Å². The first-order chi connectivity index (χ1) is 7.47. The molecule has 1 aromatic rings. The Bertz CT molecular complexity index is 340. The van der Waals surface area contributed by atoms with Gasteiger partial charge in [-0.15, -0.1) is 23.7 Å². The Morgan fingerprint density at radius 1 is 1.65 bits per heavy atom. The van der Waals surface area contributed by atoms with Crippen LogP contribution >= 0.6 is 23.7 Å². The molecule has 1 aromatic heterocycles. The number of halogens is 1. The van der Waals surface area contributed by atoms with Crippen LogP contribution in [0.3, 0.4) is 0 Å². The van der Waals surface area contributed by atoms with Crippen molar-refractivity contribution in [3.8, 4) is 0 Å². The van der Waals surface area contributed by atoms with E-state index in [1.165, 1.54) is 11.3 Å². The molecule has 1 rings (SSSR count). The van der Waals surface area contributed by atoms with Crippen molar-refractivity contribution in [1.29, 1.82) is 0 Å². The maximum Gasteiger partial charge on any atom is 0.242 e. The lowest BCUT2D eigenvalue weighted by Gasteiger charge is -2.28. The summed E-state index contributed by atoms with van der Waals surface area (Å²) in [7, 11) is 1.77. The molecule has 1 unspecified atom stereocenters. The lowest BCUT2D eigenvalue weighted by atomic mass is 9.96. The van der Waals surface area contributed by atoms with Gasteiger partial charge in [-0.3, -0.25) is 4.79 Å². The molecule has 0 spiro atoms. The Balaban J connectivity index is 0.00000256. The Morgan fingerprint density at radius 2 is 2.29 bits per heavy atom. The predicted molar refractivity (Wildman–Crippen MR) is 73.3 cm³/mol. The van der Waals surface area contributed by atoms with Crippen LogP contribution in [0.25, 0.3) is 0 Å². The normalized spacial score (nSPS) is 13.6. The number of aromatic nitrogens is 1. The molecule has 6 heteroatoms. The molecule has 0 bridgehead atoms. The van der Waals surface area contributed by atoms with Gasteiger partial charge in [0.15, 0.2) is 0 Å². The van der Waals surface area contributed by atoms with E-state index in [-0.39, 0.29) is 18.3 Å². The first kappa shape index (κ1) is 16.4. The highest BCUT2D eigenvalue weighted by Gasteiger charge is 2.30. The van der Waals surface area contributed by atoms with Crippen LogP contribution in [-0.4, -0.2) is 28.4 Å². The summed E-state index contributed by atoms with van der Waals surface area (Å²) >= 11 is 1.53. The van der Waals surface area contributed by atoms with Gasteiger partial charge in [0.2, 0.25) is 5.91 Å². The van der Waals surface area contributed by atoms with Crippen LogP contribution in [0, 0.1) is 0 Å². The van der Waals surface area contributed by atoms with E-state index < -0.39 is 5.54 Å². The molecule has 0 aliphatic rings. The van der Waals surface area contributed by atoms with E-state index in [0.29, 0.717) is 13.0 Å². The first-order valence-electron chi connectivity index (χ1n) is 5.39. The molecule has 17 heavy (non-hydrogen) atoms. The van der Waals surface area contributed by atoms with Crippen molar-refractivity contribution in [1.82, 2.24) is 9.88 Å². The number of thiazole rings is 1. The Morgan fingerprint density at radius 3 is 2.76 bits per heavy atom. The standard InChI is InChI=1S/C11H19N3OS.ClH/c1-4-5-11(2,12)10(15)14(3)6-9-7-16-8-13-9;/h7-8H,4-6,12H2,1-3H3;1H. The minimum absolute atomic E-state index is 0. The molecular weight excluding hydrogens is 258 g/mol. The zero-order valence-electron chi connectivity index (χ0n) is 10.5. The van der Waals surface area contributed by atoms with Gasteiger partial charge in [0, 0.05) is 12.4 Å². The third kappa shape index (κ3) is 4.61. The highest BCUT2D eigenvalue weighted by atomic mass is 35.5. The van der Waals surface area contributed by atoms with Crippen LogP contribution in [0.15, 0.2) is 10.9 Å². The van der Waals surface area contributed by atoms with Crippen molar-refractivity contribution in [2.75, 3.05) is 7.05 Å². The molecule has 0 aromatic carbocycles. The largest absolute Gasteiger partial charge is 0.338 e. The third-order valence-electron chi connectivity index (χ3n) is 2.49. The minimum atomic E-state index is -0.764. The van der Waals surface area contributed by atoms with Crippen LogP contribution in [0.2, 0.25) is 0 Å². The monoisotopic (exact) mass is 277 g/mol. The van der Waals surface area contributed by atoms with Crippen molar-refractivity contribution in [2.45, 2.75) is 38.8 Å². The number of carbonyl (C=O) groups is 1. The number of hydrogen-bond donors (Lipinski definition) is 1. The zero-order chi connectivity index (χ0) is 12.2. The van der Waals surface area contributed by atoms with E-state index in [4.69, 9.17) is 5.73 Å². The highest BCUT2D eigenvalue weighted by molar-refractivity contribution is 7.07. The van der Waals surface area contributed by atoms with Gasteiger partial charge in [0.25, 0.3) is 0 Å².